The fourth-order valence-corrected chi connectivity index (χ4v) is 1.98. The lowest BCUT2D eigenvalue weighted by Crippen LogP contribution is -2.12. The van der Waals surface area contributed by atoms with E-state index in [-0.39, 0.29) is 28.2 Å². The van der Waals surface area contributed by atoms with Crippen LogP contribution in [0, 0.1) is 0 Å². The minimum Gasteiger partial charge on any atom is -0.462 e. The molecule has 1 aromatic rings. The quantitative estimate of drug-likeness (QED) is 0.625. The Morgan fingerprint density at radius 2 is 2.29 bits per heavy atom. The van der Waals surface area contributed by atoms with Crippen molar-refractivity contribution in [1.29, 1.82) is 0 Å². The van der Waals surface area contributed by atoms with Gasteiger partial charge in [0.25, 0.3) is 6.43 Å². The van der Waals surface area contributed by atoms with E-state index in [0.717, 1.165) is 0 Å². The SMILES string of the molecule is CCOC(=O)c1c(Br)cc(CCl)nc1C(F)F. The Morgan fingerprint density at radius 3 is 2.76 bits per heavy atom. The van der Waals surface area contributed by atoms with E-state index in [4.69, 9.17) is 16.3 Å². The van der Waals surface area contributed by atoms with Crippen LogP contribution in [-0.2, 0) is 10.6 Å². The number of alkyl halides is 3. The van der Waals surface area contributed by atoms with Gasteiger partial charge in [-0.15, -0.1) is 11.6 Å². The van der Waals surface area contributed by atoms with Crippen LogP contribution in [0.25, 0.3) is 0 Å². The van der Waals surface area contributed by atoms with Crippen molar-refractivity contribution in [2.24, 2.45) is 0 Å². The summed E-state index contributed by atoms with van der Waals surface area (Å²) in [5.74, 6) is -0.843. The fraction of sp³-hybridized carbons (Fsp3) is 0.400. The van der Waals surface area contributed by atoms with Crippen molar-refractivity contribution in [2.75, 3.05) is 6.61 Å². The van der Waals surface area contributed by atoms with Gasteiger partial charge in [-0.1, -0.05) is 0 Å². The van der Waals surface area contributed by atoms with Crippen LogP contribution in [0.3, 0.4) is 0 Å². The van der Waals surface area contributed by atoms with Gasteiger partial charge in [-0.3, -0.25) is 0 Å². The number of pyridine rings is 1. The second-order valence-corrected chi connectivity index (χ2v) is 4.13. The first kappa shape index (κ1) is 14.3. The molecule has 1 heterocycles. The molecular formula is C10H9BrClF2NO2. The zero-order valence-electron chi connectivity index (χ0n) is 8.84. The molecule has 0 radical (unpaired) electrons. The molecule has 0 saturated carbocycles. The standard InChI is InChI=1S/C10H9BrClF2NO2/c1-2-17-10(16)7-6(11)3-5(4-12)15-8(7)9(13)14/h3,9H,2,4H2,1H3. The second kappa shape index (κ2) is 6.26. The van der Waals surface area contributed by atoms with Gasteiger partial charge >= 0.3 is 5.97 Å². The Balaban J connectivity index is 3.31. The number of esters is 1. The Labute approximate surface area is 110 Å². The molecular weight excluding hydrogens is 319 g/mol. The molecule has 0 amide bonds. The molecule has 0 aliphatic rings. The van der Waals surface area contributed by atoms with Gasteiger partial charge in [0, 0.05) is 4.47 Å². The molecule has 1 aromatic heterocycles. The maximum atomic E-state index is 12.8. The summed E-state index contributed by atoms with van der Waals surface area (Å²) in [6.45, 7) is 1.69. The van der Waals surface area contributed by atoms with Crippen LogP contribution >= 0.6 is 27.5 Å². The Morgan fingerprint density at radius 1 is 1.65 bits per heavy atom. The van der Waals surface area contributed by atoms with Gasteiger partial charge in [0.05, 0.1) is 18.2 Å². The fourth-order valence-electron chi connectivity index (χ4n) is 1.22. The number of carbonyl (C=O) groups is 1. The first-order chi connectivity index (χ1) is 8.01. The average Bonchev–Trinajstić information content (AvgIpc) is 2.27. The van der Waals surface area contributed by atoms with Crippen LogP contribution in [0.15, 0.2) is 10.5 Å². The lowest BCUT2D eigenvalue weighted by atomic mass is 10.2. The molecule has 3 nitrogen and oxygen atoms in total. The van der Waals surface area contributed by atoms with Gasteiger partial charge in [0.15, 0.2) is 0 Å². The zero-order chi connectivity index (χ0) is 13.0. The average molecular weight is 329 g/mol. The summed E-state index contributed by atoms with van der Waals surface area (Å²) < 4.78 is 30.5. The van der Waals surface area contributed by atoms with Crippen LogP contribution in [0.1, 0.15) is 35.1 Å². The first-order valence-corrected chi connectivity index (χ1v) is 6.04. The van der Waals surface area contributed by atoms with Gasteiger partial charge in [-0.2, -0.15) is 0 Å². The number of ether oxygens (including phenoxy) is 1. The topological polar surface area (TPSA) is 39.2 Å². The highest BCUT2D eigenvalue weighted by Crippen LogP contribution is 2.29. The summed E-state index contributed by atoms with van der Waals surface area (Å²) in [5.41, 5.74) is -0.605. The van der Waals surface area contributed by atoms with Crippen LogP contribution in [0.2, 0.25) is 0 Å². The van der Waals surface area contributed by atoms with Crippen molar-refractivity contribution in [3.63, 3.8) is 0 Å². The number of aromatic nitrogens is 1. The Bertz CT molecular complexity index is 429. The smallest absolute Gasteiger partial charge is 0.341 e. The summed E-state index contributed by atoms with van der Waals surface area (Å²) in [4.78, 5) is 15.2. The zero-order valence-corrected chi connectivity index (χ0v) is 11.2. The van der Waals surface area contributed by atoms with Gasteiger partial charge in [0.2, 0.25) is 0 Å². The first-order valence-electron chi connectivity index (χ1n) is 4.71. The third kappa shape index (κ3) is 3.35. The molecule has 17 heavy (non-hydrogen) atoms. The molecule has 0 fully saturated rings. The number of carbonyl (C=O) groups excluding carboxylic acids is 1. The molecule has 0 bridgehead atoms. The van der Waals surface area contributed by atoms with Crippen LogP contribution in [0.5, 0.6) is 0 Å². The predicted molar refractivity (Wildman–Crippen MR) is 62.4 cm³/mol. The molecule has 94 valence electrons. The van der Waals surface area contributed by atoms with Crippen molar-refractivity contribution in [3.05, 3.63) is 27.5 Å². The van der Waals surface area contributed by atoms with Gasteiger partial charge in [0.1, 0.15) is 11.3 Å². The maximum Gasteiger partial charge on any atom is 0.341 e. The lowest BCUT2D eigenvalue weighted by molar-refractivity contribution is 0.0512. The van der Waals surface area contributed by atoms with Crippen LogP contribution in [0.4, 0.5) is 8.78 Å². The van der Waals surface area contributed by atoms with Crippen molar-refractivity contribution in [3.8, 4) is 0 Å². The minimum atomic E-state index is -2.87. The number of rotatable bonds is 4. The van der Waals surface area contributed by atoms with E-state index in [9.17, 15) is 13.6 Å². The summed E-state index contributed by atoms with van der Waals surface area (Å²) >= 11 is 8.57. The molecule has 0 atom stereocenters. The second-order valence-electron chi connectivity index (χ2n) is 3.01. The van der Waals surface area contributed by atoms with E-state index in [2.05, 4.69) is 20.9 Å². The van der Waals surface area contributed by atoms with Gasteiger partial charge in [-0.25, -0.2) is 18.6 Å². The van der Waals surface area contributed by atoms with E-state index in [1.807, 2.05) is 0 Å². The van der Waals surface area contributed by atoms with Crippen molar-refractivity contribution < 1.29 is 18.3 Å². The Hall–Kier alpha value is -0.750. The van der Waals surface area contributed by atoms with Crippen molar-refractivity contribution in [2.45, 2.75) is 19.2 Å². The van der Waals surface area contributed by atoms with E-state index in [0.29, 0.717) is 0 Å². The molecule has 7 heteroatoms. The Kier molecular flexibility index (Phi) is 5.27. The van der Waals surface area contributed by atoms with E-state index in [1.165, 1.54) is 6.07 Å². The number of hydrogen-bond donors (Lipinski definition) is 0. The normalized spacial score (nSPS) is 10.7. The van der Waals surface area contributed by atoms with Gasteiger partial charge < -0.3 is 4.74 Å². The highest BCUT2D eigenvalue weighted by atomic mass is 79.9. The molecule has 0 N–H and O–H groups in total. The van der Waals surface area contributed by atoms with Gasteiger partial charge in [-0.05, 0) is 28.9 Å². The van der Waals surface area contributed by atoms with Crippen molar-refractivity contribution in [1.82, 2.24) is 4.98 Å². The molecule has 0 aliphatic heterocycles. The highest BCUT2D eigenvalue weighted by Gasteiger charge is 2.24. The summed E-state index contributed by atoms with van der Waals surface area (Å²) in [6, 6.07) is 1.42. The molecule has 0 aliphatic carbocycles. The highest BCUT2D eigenvalue weighted by molar-refractivity contribution is 9.10. The third-order valence-electron chi connectivity index (χ3n) is 1.88. The molecule has 0 unspecified atom stereocenters. The molecule has 0 spiro atoms. The third-order valence-corrected chi connectivity index (χ3v) is 2.77. The van der Waals surface area contributed by atoms with E-state index in [1.54, 1.807) is 6.92 Å². The van der Waals surface area contributed by atoms with Crippen molar-refractivity contribution >= 4 is 33.5 Å². The minimum absolute atomic E-state index is 0.0125. The lowest BCUT2D eigenvalue weighted by Gasteiger charge is -2.10. The number of hydrogen-bond acceptors (Lipinski definition) is 3. The summed E-state index contributed by atoms with van der Waals surface area (Å²) in [5, 5.41) is 0. The van der Waals surface area contributed by atoms with Crippen LogP contribution in [-0.4, -0.2) is 17.6 Å². The van der Waals surface area contributed by atoms with Crippen LogP contribution < -0.4 is 0 Å². The number of nitrogens with zero attached hydrogens (tertiary/aromatic N) is 1. The monoisotopic (exact) mass is 327 g/mol. The molecule has 0 saturated heterocycles. The maximum absolute atomic E-state index is 12.8. The van der Waals surface area contributed by atoms with E-state index >= 15 is 0 Å². The van der Waals surface area contributed by atoms with E-state index < -0.39 is 18.1 Å². The number of halogens is 4. The molecule has 1 rings (SSSR count). The summed E-state index contributed by atoms with van der Waals surface area (Å²) in [6.07, 6.45) is -2.87. The largest absolute Gasteiger partial charge is 0.462 e. The molecule has 0 aromatic carbocycles. The summed E-state index contributed by atoms with van der Waals surface area (Å²) in [7, 11) is 0. The predicted octanol–water partition coefficient (Wildman–Crippen LogP) is 3.70.